The van der Waals surface area contributed by atoms with Gasteiger partial charge < -0.3 is 5.32 Å². The third kappa shape index (κ3) is 3.50. The van der Waals surface area contributed by atoms with Gasteiger partial charge in [-0.3, -0.25) is 4.90 Å². The first-order valence-corrected chi connectivity index (χ1v) is 7.53. The molecule has 2 rings (SSSR count). The molecule has 1 aromatic rings. The lowest BCUT2D eigenvalue weighted by Crippen LogP contribution is -2.39. The van der Waals surface area contributed by atoms with Gasteiger partial charge in [-0.1, -0.05) is 6.92 Å². The molecule has 4 heteroatoms. The summed E-state index contributed by atoms with van der Waals surface area (Å²) in [6.45, 7) is 9.21. The molecule has 0 aliphatic carbocycles. The first-order chi connectivity index (χ1) is 8.31. The van der Waals surface area contributed by atoms with Crippen molar-refractivity contribution in [1.29, 1.82) is 0 Å². The van der Waals surface area contributed by atoms with E-state index in [2.05, 4.69) is 34.4 Å². The Morgan fingerprint density at radius 3 is 3.12 bits per heavy atom. The Balaban J connectivity index is 1.91. The van der Waals surface area contributed by atoms with Gasteiger partial charge >= 0.3 is 0 Å². The van der Waals surface area contributed by atoms with Gasteiger partial charge in [-0.05, 0) is 45.3 Å². The van der Waals surface area contributed by atoms with Crippen LogP contribution >= 0.6 is 11.3 Å². The van der Waals surface area contributed by atoms with Crippen LogP contribution in [0.4, 0.5) is 0 Å². The van der Waals surface area contributed by atoms with Crippen molar-refractivity contribution < 1.29 is 0 Å². The van der Waals surface area contributed by atoms with Crippen LogP contribution < -0.4 is 5.32 Å². The van der Waals surface area contributed by atoms with Crippen LogP contribution in [0.5, 0.6) is 0 Å². The monoisotopic (exact) mass is 253 g/mol. The van der Waals surface area contributed by atoms with Crippen LogP contribution in [0.3, 0.4) is 0 Å². The van der Waals surface area contributed by atoms with Gasteiger partial charge in [0.2, 0.25) is 0 Å². The molecule has 1 N–H and O–H groups in total. The number of rotatable bonds is 5. The molecule has 1 aliphatic rings. The molecule has 2 unspecified atom stereocenters. The summed E-state index contributed by atoms with van der Waals surface area (Å²) in [7, 11) is 0. The SMILES string of the molecule is CCN(CC1CCCNC1)C(C)c1nccs1. The Morgan fingerprint density at radius 1 is 1.65 bits per heavy atom. The van der Waals surface area contributed by atoms with Gasteiger partial charge in [0.25, 0.3) is 0 Å². The smallest absolute Gasteiger partial charge is 0.109 e. The van der Waals surface area contributed by atoms with Crippen molar-refractivity contribution in [3.63, 3.8) is 0 Å². The maximum absolute atomic E-state index is 4.44. The summed E-state index contributed by atoms with van der Waals surface area (Å²) in [5.41, 5.74) is 0. The quantitative estimate of drug-likeness (QED) is 0.874. The highest BCUT2D eigenvalue weighted by Crippen LogP contribution is 2.24. The van der Waals surface area contributed by atoms with E-state index in [4.69, 9.17) is 0 Å². The molecule has 96 valence electrons. The Kier molecular flexibility index (Phi) is 4.95. The molecule has 17 heavy (non-hydrogen) atoms. The fourth-order valence-electron chi connectivity index (χ4n) is 2.57. The van der Waals surface area contributed by atoms with E-state index in [-0.39, 0.29) is 0 Å². The largest absolute Gasteiger partial charge is 0.316 e. The highest BCUT2D eigenvalue weighted by molar-refractivity contribution is 7.09. The van der Waals surface area contributed by atoms with Gasteiger partial charge in [0.05, 0.1) is 6.04 Å². The van der Waals surface area contributed by atoms with Crippen LogP contribution in [0.25, 0.3) is 0 Å². The summed E-state index contributed by atoms with van der Waals surface area (Å²) >= 11 is 1.77. The number of piperidine rings is 1. The van der Waals surface area contributed by atoms with E-state index >= 15 is 0 Å². The van der Waals surface area contributed by atoms with E-state index < -0.39 is 0 Å². The third-order valence-electron chi connectivity index (χ3n) is 3.65. The normalized spacial score (nSPS) is 22.9. The summed E-state index contributed by atoms with van der Waals surface area (Å²) in [6.07, 6.45) is 4.61. The van der Waals surface area contributed by atoms with Crippen molar-refractivity contribution in [1.82, 2.24) is 15.2 Å². The molecule has 0 spiro atoms. The molecule has 0 amide bonds. The second kappa shape index (κ2) is 6.47. The van der Waals surface area contributed by atoms with Gasteiger partial charge in [0.1, 0.15) is 5.01 Å². The first kappa shape index (κ1) is 13.0. The summed E-state index contributed by atoms with van der Waals surface area (Å²) in [5.74, 6) is 0.811. The van der Waals surface area contributed by atoms with Crippen molar-refractivity contribution in [2.24, 2.45) is 5.92 Å². The van der Waals surface area contributed by atoms with E-state index in [0.29, 0.717) is 6.04 Å². The Hall–Kier alpha value is -0.450. The molecular formula is C13H23N3S. The lowest BCUT2D eigenvalue weighted by molar-refractivity contribution is 0.170. The fourth-order valence-corrected chi connectivity index (χ4v) is 3.30. The van der Waals surface area contributed by atoms with Crippen molar-refractivity contribution in [3.05, 3.63) is 16.6 Å². The van der Waals surface area contributed by atoms with E-state index in [1.165, 1.54) is 37.5 Å². The van der Waals surface area contributed by atoms with E-state index in [1.54, 1.807) is 11.3 Å². The Bertz CT molecular complexity index is 306. The minimum Gasteiger partial charge on any atom is -0.316 e. The van der Waals surface area contributed by atoms with Gasteiger partial charge in [-0.15, -0.1) is 11.3 Å². The average Bonchev–Trinajstić information content (AvgIpc) is 2.90. The molecule has 1 fully saturated rings. The van der Waals surface area contributed by atoms with E-state index in [9.17, 15) is 0 Å². The molecule has 2 heterocycles. The zero-order valence-electron chi connectivity index (χ0n) is 10.9. The van der Waals surface area contributed by atoms with Crippen molar-refractivity contribution in [2.75, 3.05) is 26.2 Å². The van der Waals surface area contributed by atoms with Crippen LogP contribution in [0.15, 0.2) is 11.6 Å². The lowest BCUT2D eigenvalue weighted by Gasteiger charge is -2.32. The fraction of sp³-hybridized carbons (Fsp3) is 0.769. The van der Waals surface area contributed by atoms with E-state index in [0.717, 1.165) is 12.5 Å². The highest BCUT2D eigenvalue weighted by atomic mass is 32.1. The predicted molar refractivity (Wildman–Crippen MR) is 73.4 cm³/mol. The summed E-state index contributed by atoms with van der Waals surface area (Å²) in [4.78, 5) is 6.99. The summed E-state index contributed by atoms with van der Waals surface area (Å²) in [6, 6.07) is 0.460. The maximum Gasteiger partial charge on any atom is 0.109 e. The number of hydrogen-bond acceptors (Lipinski definition) is 4. The second-order valence-corrected chi connectivity index (χ2v) is 5.77. The summed E-state index contributed by atoms with van der Waals surface area (Å²) < 4.78 is 0. The van der Waals surface area contributed by atoms with E-state index in [1.807, 2.05) is 6.20 Å². The molecule has 3 nitrogen and oxygen atoms in total. The molecule has 0 aromatic carbocycles. The van der Waals surface area contributed by atoms with Crippen molar-refractivity contribution in [2.45, 2.75) is 32.7 Å². The zero-order valence-corrected chi connectivity index (χ0v) is 11.7. The molecule has 0 bridgehead atoms. The van der Waals surface area contributed by atoms with Crippen LogP contribution in [-0.2, 0) is 0 Å². The molecule has 0 saturated carbocycles. The molecular weight excluding hydrogens is 230 g/mol. The minimum atomic E-state index is 0.460. The number of nitrogens with zero attached hydrogens (tertiary/aromatic N) is 2. The zero-order chi connectivity index (χ0) is 12.1. The maximum atomic E-state index is 4.44. The lowest BCUT2D eigenvalue weighted by atomic mass is 9.98. The highest BCUT2D eigenvalue weighted by Gasteiger charge is 2.21. The third-order valence-corrected chi connectivity index (χ3v) is 4.60. The average molecular weight is 253 g/mol. The first-order valence-electron chi connectivity index (χ1n) is 6.65. The van der Waals surface area contributed by atoms with Crippen LogP contribution in [0.1, 0.15) is 37.7 Å². The van der Waals surface area contributed by atoms with Crippen LogP contribution in [0, 0.1) is 5.92 Å². The van der Waals surface area contributed by atoms with Gasteiger partial charge in [0.15, 0.2) is 0 Å². The summed E-state index contributed by atoms with van der Waals surface area (Å²) in [5, 5.41) is 6.82. The van der Waals surface area contributed by atoms with Gasteiger partial charge in [-0.2, -0.15) is 0 Å². The van der Waals surface area contributed by atoms with Gasteiger partial charge in [0, 0.05) is 18.1 Å². The number of thiazole rings is 1. The topological polar surface area (TPSA) is 28.2 Å². The van der Waals surface area contributed by atoms with Crippen LogP contribution in [0.2, 0.25) is 0 Å². The molecule has 0 radical (unpaired) electrons. The molecule has 1 aromatic heterocycles. The van der Waals surface area contributed by atoms with Crippen LogP contribution in [-0.4, -0.2) is 36.1 Å². The second-order valence-electron chi connectivity index (χ2n) is 4.85. The Labute approximate surface area is 108 Å². The van der Waals surface area contributed by atoms with Crippen molar-refractivity contribution >= 4 is 11.3 Å². The standard InChI is InChI=1S/C13H23N3S/c1-3-16(10-12-5-4-6-14-9-12)11(2)13-15-7-8-17-13/h7-8,11-12,14H,3-6,9-10H2,1-2H3. The minimum absolute atomic E-state index is 0.460. The molecule has 1 saturated heterocycles. The molecule has 1 aliphatic heterocycles. The van der Waals surface area contributed by atoms with Crippen molar-refractivity contribution in [3.8, 4) is 0 Å². The van der Waals surface area contributed by atoms with Gasteiger partial charge in [-0.25, -0.2) is 4.98 Å². The number of nitrogens with one attached hydrogen (secondary N) is 1. The number of hydrogen-bond donors (Lipinski definition) is 1. The predicted octanol–water partition coefficient (Wildman–Crippen LogP) is 2.53. The molecule has 2 atom stereocenters. The number of aromatic nitrogens is 1. The Morgan fingerprint density at radius 2 is 2.53 bits per heavy atom.